The van der Waals surface area contributed by atoms with Crippen molar-refractivity contribution in [1.82, 2.24) is 9.88 Å². The fourth-order valence-corrected chi connectivity index (χ4v) is 4.14. The van der Waals surface area contributed by atoms with Crippen LogP contribution in [0.3, 0.4) is 0 Å². The normalized spacial score (nSPS) is 12.6. The Kier molecular flexibility index (Phi) is 5.85. The second-order valence-electron chi connectivity index (χ2n) is 6.25. The third-order valence-electron chi connectivity index (χ3n) is 4.39. The summed E-state index contributed by atoms with van der Waals surface area (Å²) in [7, 11) is -2.07. The van der Waals surface area contributed by atoms with Crippen LogP contribution < -0.4 is 5.14 Å². The fraction of sp³-hybridized carbons (Fsp3) is 0.158. The number of sulfonamides is 1. The molecule has 6 nitrogen and oxygen atoms in total. The van der Waals surface area contributed by atoms with Crippen LogP contribution in [0.15, 0.2) is 58.8 Å². The minimum Gasteiger partial charge on any atom is -0.334 e. The van der Waals surface area contributed by atoms with Gasteiger partial charge in [0.25, 0.3) is 5.91 Å². The summed E-state index contributed by atoms with van der Waals surface area (Å²) in [6.45, 7) is 1.86. The first-order chi connectivity index (χ1) is 13.2. The number of amides is 1. The monoisotopic (exact) mass is 435 g/mol. The number of primary sulfonamides is 1. The predicted octanol–water partition coefficient (Wildman–Crippen LogP) is 3.94. The van der Waals surface area contributed by atoms with E-state index in [0.29, 0.717) is 15.7 Å². The van der Waals surface area contributed by atoms with E-state index in [9.17, 15) is 13.2 Å². The molecule has 0 fully saturated rings. The van der Waals surface area contributed by atoms with Crippen molar-refractivity contribution in [3.05, 3.63) is 70.2 Å². The molecule has 1 heterocycles. The van der Waals surface area contributed by atoms with Crippen molar-refractivity contribution >= 4 is 38.9 Å². The lowest BCUT2D eigenvalue weighted by Crippen LogP contribution is -2.30. The molecule has 0 aliphatic heterocycles. The largest absolute Gasteiger partial charge is 0.334 e. The zero-order valence-corrected chi connectivity index (χ0v) is 17.6. The summed E-state index contributed by atoms with van der Waals surface area (Å²) in [5.41, 5.74) is 1.98. The Bertz CT molecular complexity index is 1110. The van der Waals surface area contributed by atoms with Gasteiger partial charge in [0.05, 0.1) is 10.9 Å². The third-order valence-corrected chi connectivity index (χ3v) is 6.44. The van der Waals surface area contributed by atoms with Gasteiger partial charge in [-0.2, -0.15) is 0 Å². The van der Waals surface area contributed by atoms with Crippen molar-refractivity contribution in [2.45, 2.75) is 17.9 Å². The number of halogens is 1. The minimum atomic E-state index is -3.75. The maximum absolute atomic E-state index is 12.8. The van der Waals surface area contributed by atoms with Crippen LogP contribution in [0.4, 0.5) is 0 Å². The Balaban J connectivity index is 1.79. The molecule has 2 N–H and O–H groups in total. The molecule has 2 aromatic carbocycles. The van der Waals surface area contributed by atoms with Crippen molar-refractivity contribution < 1.29 is 13.2 Å². The van der Waals surface area contributed by atoms with Crippen LogP contribution in [-0.4, -0.2) is 31.3 Å². The first-order valence-corrected chi connectivity index (χ1v) is 11.1. The number of benzene rings is 2. The van der Waals surface area contributed by atoms with E-state index in [0.717, 1.165) is 11.1 Å². The molecule has 3 rings (SSSR count). The molecule has 146 valence electrons. The lowest BCUT2D eigenvalue weighted by atomic mass is 10.1. The highest BCUT2D eigenvalue weighted by molar-refractivity contribution is 7.89. The highest BCUT2D eigenvalue weighted by atomic mass is 35.5. The number of carbonyl (C=O) groups is 1. The Hall–Kier alpha value is -2.26. The highest BCUT2D eigenvalue weighted by Crippen LogP contribution is 2.28. The lowest BCUT2D eigenvalue weighted by Gasteiger charge is -2.24. The van der Waals surface area contributed by atoms with E-state index in [2.05, 4.69) is 4.98 Å². The summed E-state index contributed by atoms with van der Waals surface area (Å²) in [4.78, 5) is 18.9. The van der Waals surface area contributed by atoms with Gasteiger partial charge in [-0.15, -0.1) is 11.3 Å². The number of nitrogens with two attached hydrogens (primary N) is 1. The fourth-order valence-electron chi connectivity index (χ4n) is 2.64. The molecular formula is C19H18ClN3O3S2. The molecule has 0 saturated heterocycles. The first kappa shape index (κ1) is 20.5. The van der Waals surface area contributed by atoms with Crippen molar-refractivity contribution in [1.29, 1.82) is 0 Å². The lowest BCUT2D eigenvalue weighted by molar-refractivity contribution is 0.0737. The van der Waals surface area contributed by atoms with Crippen molar-refractivity contribution in [3.63, 3.8) is 0 Å². The Morgan fingerprint density at radius 2 is 1.89 bits per heavy atom. The van der Waals surface area contributed by atoms with Gasteiger partial charge < -0.3 is 4.90 Å². The van der Waals surface area contributed by atoms with Crippen molar-refractivity contribution in [3.8, 4) is 10.6 Å². The van der Waals surface area contributed by atoms with Crippen LogP contribution in [0.1, 0.15) is 29.0 Å². The van der Waals surface area contributed by atoms with Gasteiger partial charge in [-0.25, -0.2) is 18.5 Å². The zero-order valence-electron chi connectivity index (χ0n) is 15.2. The number of thiazole rings is 1. The molecule has 0 radical (unpaired) electrons. The Morgan fingerprint density at radius 3 is 2.50 bits per heavy atom. The molecule has 1 atom stereocenters. The quantitative estimate of drug-likeness (QED) is 0.656. The van der Waals surface area contributed by atoms with Gasteiger partial charge in [-0.3, -0.25) is 4.79 Å². The van der Waals surface area contributed by atoms with Crippen LogP contribution in [0.5, 0.6) is 0 Å². The molecule has 1 unspecified atom stereocenters. The van der Waals surface area contributed by atoms with Gasteiger partial charge in [0.15, 0.2) is 0 Å². The Labute approximate surface area is 172 Å². The second-order valence-corrected chi connectivity index (χ2v) is 9.11. The first-order valence-electron chi connectivity index (χ1n) is 8.28. The highest BCUT2D eigenvalue weighted by Gasteiger charge is 2.22. The number of nitrogens with zero attached hydrogens (tertiary/aromatic N) is 2. The average Bonchev–Trinajstić information content (AvgIpc) is 3.16. The summed E-state index contributed by atoms with van der Waals surface area (Å²) < 4.78 is 22.8. The standard InChI is InChI=1S/C19H18ClN3O3S2/c1-12(13-6-8-16(9-7-13)28(21,25)26)23(2)19(24)17-11-27-18(22-17)14-4-3-5-15(20)10-14/h3-12H,1-2H3,(H2,21,25,26). The molecule has 0 aliphatic carbocycles. The molecule has 0 spiro atoms. The van der Waals surface area contributed by atoms with E-state index < -0.39 is 10.0 Å². The van der Waals surface area contributed by atoms with Crippen LogP contribution in [0, 0.1) is 0 Å². The minimum absolute atomic E-state index is 0.0306. The molecule has 0 aliphatic rings. The van der Waals surface area contributed by atoms with Crippen molar-refractivity contribution in [2.24, 2.45) is 5.14 Å². The van der Waals surface area contributed by atoms with E-state index >= 15 is 0 Å². The van der Waals surface area contributed by atoms with Crippen LogP contribution in [0.2, 0.25) is 5.02 Å². The SMILES string of the molecule is CC(c1ccc(S(N)(=O)=O)cc1)N(C)C(=O)c1csc(-c2cccc(Cl)c2)n1. The summed E-state index contributed by atoms with van der Waals surface area (Å²) in [6.07, 6.45) is 0. The second kappa shape index (κ2) is 8.00. The summed E-state index contributed by atoms with van der Waals surface area (Å²) >= 11 is 7.39. The maximum Gasteiger partial charge on any atom is 0.273 e. The van der Waals surface area contributed by atoms with Crippen LogP contribution in [0.25, 0.3) is 10.6 Å². The molecule has 0 saturated carbocycles. The van der Waals surface area contributed by atoms with Gasteiger partial charge >= 0.3 is 0 Å². The average molecular weight is 436 g/mol. The van der Waals surface area contributed by atoms with Gasteiger partial charge in [0.2, 0.25) is 10.0 Å². The van der Waals surface area contributed by atoms with Gasteiger partial charge in [-0.05, 0) is 36.8 Å². The molecule has 1 amide bonds. The summed E-state index contributed by atoms with van der Waals surface area (Å²) in [5.74, 6) is -0.229. The molecule has 9 heteroatoms. The summed E-state index contributed by atoms with van der Waals surface area (Å²) in [5, 5.41) is 8.15. The van der Waals surface area contributed by atoms with E-state index in [1.54, 1.807) is 41.6 Å². The molecule has 3 aromatic rings. The number of rotatable bonds is 5. The van der Waals surface area contributed by atoms with E-state index in [-0.39, 0.29) is 16.8 Å². The number of hydrogen-bond acceptors (Lipinski definition) is 5. The smallest absolute Gasteiger partial charge is 0.273 e. The van der Waals surface area contributed by atoms with E-state index in [1.807, 2.05) is 19.1 Å². The van der Waals surface area contributed by atoms with Crippen LogP contribution >= 0.6 is 22.9 Å². The van der Waals surface area contributed by atoms with Gasteiger partial charge in [0, 0.05) is 23.0 Å². The van der Waals surface area contributed by atoms with Crippen molar-refractivity contribution in [2.75, 3.05) is 7.05 Å². The molecule has 0 bridgehead atoms. The molecular weight excluding hydrogens is 418 g/mol. The number of aromatic nitrogens is 1. The maximum atomic E-state index is 12.8. The van der Waals surface area contributed by atoms with Gasteiger partial charge in [0.1, 0.15) is 10.7 Å². The van der Waals surface area contributed by atoms with E-state index in [4.69, 9.17) is 16.7 Å². The third kappa shape index (κ3) is 4.41. The number of carbonyl (C=O) groups excluding carboxylic acids is 1. The van der Waals surface area contributed by atoms with Crippen LogP contribution in [-0.2, 0) is 10.0 Å². The zero-order chi connectivity index (χ0) is 20.5. The molecule has 1 aromatic heterocycles. The summed E-state index contributed by atoms with van der Waals surface area (Å²) in [6, 6.07) is 13.2. The predicted molar refractivity (Wildman–Crippen MR) is 111 cm³/mol. The number of hydrogen-bond donors (Lipinski definition) is 1. The van der Waals surface area contributed by atoms with Gasteiger partial charge in [-0.1, -0.05) is 35.9 Å². The Morgan fingerprint density at radius 1 is 1.21 bits per heavy atom. The molecule has 28 heavy (non-hydrogen) atoms. The topological polar surface area (TPSA) is 93.4 Å². The van der Waals surface area contributed by atoms with E-state index in [1.165, 1.54) is 23.5 Å².